The SMILES string of the molecule is C=C(C)CN(CC)C(=O)COC(=O)c1cnc(C)cn1. The Kier molecular flexibility index (Phi) is 5.83. The first kappa shape index (κ1) is 15.8. The normalized spacial score (nSPS) is 9.95. The molecule has 20 heavy (non-hydrogen) atoms. The van der Waals surface area contributed by atoms with Crippen molar-refractivity contribution < 1.29 is 14.3 Å². The van der Waals surface area contributed by atoms with Crippen molar-refractivity contribution >= 4 is 11.9 Å². The van der Waals surface area contributed by atoms with Gasteiger partial charge in [-0.05, 0) is 20.8 Å². The molecule has 6 heteroatoms. The number of hydrogen-bond acceptors (Lipinski definition) is 5. The van der Waals surface area contributed by atoms with E-state index in [0.29, 0.717) is 18.8 Å². The minimum atomic E-state index is -0.655. The summed E-state index contributed by atoms with van der Waals surface area (Å²) in [5.74, 6) is -0.916. The molecule has 0 atom stereocenters. The van der Waals surface area contributed by atoms with Crippen LogP contribution in [0.15, 0.2) is 24.5 Å². The molecule has 0 saturated heterocycles. The van der Waals surface area contributed by atoms with E-state index in [1.54, 1.807) is 11.8 Å². The lowest BCUT2D eigenvalue weighted by Crippen LogP contribution is -2.35. The molecule has 0 saturated carbocycles. The fourth-order valence-electron chi connectivity index (χ4n) is 1.49. The lowest BCUT2D eigenvalue weighted by Gasteiger charge is -2.20. The van der Waals surface area contributed by atoms with Crippen molar-refractivity contribution in [2.45, 2.75) is 20.8 Å². The van der Waals surface area contributed by atoms with Gasteiger partial charge >= 0.3 is 5.97 Å². The maximum Gasteiger partial charge on any atom is 0.359 e. The largest absolute Gasteiger partial charge is 0.451 e. The van der Waals surface area contributed by atoms with Crippen molar-refractivity contribution in [1.82, 2.24) is 14.9 Å². The van der Waals surface area contributed by atoms with E-state index in [9.17, 15) is 9.59 Å². The van der Waals surface area contributed by atoms with Crippen LogP contribution in [0.3, 0.4) is 0 Å². The summed E-state index contributed by atoms with van der Waals surface area (Å²) >= 11 is 0. The molecule has 1 rings (SSSR count). The first-order chi connectivity index (χ1) is 9.43. The third kappa shape index (κ3) is 4.79. The minimum Gasteiger partial charge on any atom is -0.451 e. The van der Waals surface area contributed by atoms with E-state index in [1.807, 2.05) is 13.8 Å². The van der Waals surface area contributed by atoms with Crippen molar-refractivity contribution in [3.8, 4) is 0 Å². The van der Waals surface area contributed by atoms with Gasteiger partial charge in [0.1, 0.15) is 0 Å². The van der Waals surface area contributed by atoms with E-state index in [1.165, 1.54) is 12.4 Å². The van der Waals surface area contributed by atoms with Crippen molar-refractivity contribution in [3.63, 3.8) is 0 Å². The zero-order chi connectivity index (χ0) is 15.1. The first-order valence-corrected chi connectivity index (χ1v) is 6.32. The maximum absolute atomic E-state index is 11.9. The molecule has 1 aromatic rings. The lowest BCUT2D eigenvalue weighted by atomic mass is 10.3. The monoisotopic (exact) mass is 277 g/mol. The number of ether oxygens (including phenoxy) is 1. The molecule has 0 aromatic carbocycles. The summed E-state index contributed by atoms with van der Waals surface area (Å²) < 4.78 is 4.93. The molecule has 0 bridgehead atoms. The number of esters is 1. The van der Waals surface area contributed by atoms with Crippen LogP contribution in [0.1, 0.15) is 30.0 Å². The Bertz CT molecular complexity index is 497. The van der Waals surface area contributed by atoms with Gasteiger partial charge in [0.05, 0.1) is 11.9 Å². The van der Waals surface area contributed by atoms with E-state index in [-0.39, 0.29) is 18.2 Å². The van der Waals surface area contributed by atoms with E-state index in [2.05, 4.69) is 16.5 Å². The molecule has 0 spiro atoms. The highest BCUT2D eigenvalue weighted by molar-refractivity contribution is 5.89. The first-order valence-electron chi connectivity index (χ1n) is 6.32. The Labute approximate surface area is 118 Å². The topological polar surface area (TPSA) is 72.4 Å². The summed E-state index contributed by atoms with van der Waals surface area (Å²) in [6.07, 6.45) is 2.80. The molecule has 1 aromatic heterocycles. The summed E-state index contributed by atoms with van der Waals surface area (Å²) in [5, 5.41) is 0. The summed E-state index contributed by atoms with van der Waals surface area (Å²) in [6.45, 7) is 9.90. The van der Waals surface area contributed by atoms with E-state index < -0.39 is 5.97 Å². The number of nitrogens with zero attached hydrogens (tertiary/aromatic N) is 3. The van der Waals surface area contributed by atoms with Crippen LogP contribution in [0.5, 0.6) is 0 Å². The Balaban J connectivity index is 2.53. The molecular weight excluding hydrogens is 258 g/mol. The highest BCUT2D eigenvalue weighted by Gasteiger charge is 2.16. The van der Waals surface area contributed by atoms with Crippen LogP contribution in [0.25, 0.3) is 0 Å². The summed E-state index contributed by atoms with van der Waals surface area (Å²) in [5.41, 5.74) is 1.67. The van der Waals surface area contributed by atoms with Crippen molar-refractivity contribution in [3.05, 3.63) is 35.9 Å². The maximum atomic E-state index is 11.9. The third-order valence-corrected chi connectivity index (χ3v) is 2.51. The van der Waals surface area contributed by atoms with Crippen LogP contribution >= 0.6 is 0 Å². The second-order valence-electron chi connectivity index (χ2n) is 4.48. The Hall–Kier alpha value is -2.24. The van der Waals surface area contributed by atoms with Gasteiger partial charge in [-0.15, -0.1) is 0 Å². The second kappa shape index (κ2) is 7.37. The van der Waals surface area contributed by atoms with Crippen LogP contribution in [0, 0.1) is 6.92 Å². The predicted molar refractivity (Wildman–Crippen MR) is 74.1 cm³/mol. The number of hydrogen-bond donors (Lipinski definition) is 0. The highest BCUT2D eigenvalue weighted by Crippen LogP contribution is 2.00. The summed E-state index contributed by atoms with van der Waals surface area (Å²) in [6, 6.07) is 0. The van der Waals surface area contributed by atoms with Gasteiger partial charge in [-0.2, -0.15) is 0 Å². The van der Waals surface area contributed by atoms with Gasteiger partial charge in [0.25, 0.3) is 5.91 Å². The number of carbonyl (C=O) groups is 2. The zero-order valence-corrected chi connectivity index (χ0v) is 12.0. The van der Waals surface area contributed by atoms with E-state index in [4.69, 9.17) is 4.74 Å². The molecule has 0 radical (unpaired) electrons. The van der Waals surface area contributed by atoms with Crippen LogP contribution in [-0.2, 0) is 9.53 Å². The molecule has 0 fully saturated rings. The van der Waals surface area contributed by atoms with Crippen LogP contribution < -0.4 is 0 Å². The van der Waals surface area contributed by atoms with Crippen molar-refractivity contribution in [2.24, 2.45) is 0 Å². The minimum absolute atomic E-state index is 0.0892. The zero-order valence-electron chi connectivity index (χ0n) is 12.0. The molecule has 0 N–H and O–H groups in total. The average Bonchev–Trinajstić information content (AvgIpc) is 2.42. The summed E-state index contributed by atoms with van der Waals surface area (Å²) in [4.78, 5) is 33.0. The molecule has 108 valence electrons. The quantitative estimate of drug-likeness (QED) is 0.580. The van der Waals surface area contributed by atoms with Crippen molar-refractivity contribution in [1.29, 1.82) is 0 Å². The molecule has 0 aliphatic carbocycles. The standard InChI is InChI=1S/C14H19N3O3/c1-5-17(8-10(2)3)13(18)9-20-14(19)12-7-15-11(4)6-16-12/h6-7H,2,5,8-9H2,1,3-4H3. The number of likely N-dealkylation sites (N-methyl/N-ethyl adjacent to an activating group) is 1. The number of amides is 1. The molecule has 0 aliphatic rings. The smallest absolute Gasteiger partial charge is 0.359 e. The number of rotatable bonds is 6. The summed E-state index contributed by atoms with van der Waals surface area (Å²) in [7, 11) is 0. The molecule has 0 aliphatic heterocycles. The highest BCUT2D eigenvalue weighted by atomic mass is 16.5. The van der Waals surface area contributed by atoms with E-state index in [0.717, 1.165) is 5.57 Å². The fraction of sp³-hybridized carbons (Fsp3) is 0.429. The number of aromatic nitrogens is 2. The second-order valence-corrected chi connectivity index (χ2v) is 4.48. The lowest BCUT2D eigenvalue weighted by molar-refractivity contribution is -0.133. The predicted octanol–water partition coefficient (Wildman–Crippen LogP) is 1.37. The van der Waals surface area contributed by atoms with Gasteiger partial charge in [0.15, 0.2) is 12.3 Å². The molecule has 0 unspecified atom stereocenters. The van der Waals surface area contributed by atoms with Gasteiger partial charge in [0, 0.05) is 19.3 Å². The van der Waals surface area contributed by atoms with Crippen LogP contribution in [0.4, 0.5) is 0 Å². The molecular formula is C14H19N3O3. The van der Waals surface area contributed by atoms with Gasteiger partial charge in [0.2, 0.25) is 0 Å². The van der Waals surface area contributed by atoms with Crippen molar-refractivity contribution in [2.75, 3.05) is 19.7 Å². The van der Waals surface area contributed by atoms with Crippen LogP contribution in [0.2, 0.25) is 0 Å². The van der Waals surface area contributed by atoms with Crippen LogP contribution in [-0.4, -0.2) is 46.4 Å². The Morgan fingerprint density at radius 1 is 1.35 bits per heavy atom. The van der Waals surface area contributed by atoms with Gasteiger partial charge in [-0.1, -0.05) is 12.2 Å². The van der Waals surface area contributed by atoms with E-state index >= 15 is 0 Å². The Morgan fingerprint density at radius 2 is 2.05 bits per heavy atom. The average molecular weight is 277 g/mol. The molecule has 6 nitrogen and oxygen atoms in total. The molecule has 1 heterocycles. The third-order valence-electron chi connectivity index (χ3n) is 2.51. The number of aryl methyl sites for hydroxylation is 1. The van der Waals surface area contributed by atoms with Gasteiger partial charge < -0.3 is 9.64 Å². The van der Waals surface area contributed by atoms with Gasteiger partial charge in [-0.25, -0.2) is 9.78 Å². The molecule has 1 amide bonds. The van der Waals surface area contributed by atoms with Gasteiger partial charge in [-0.3, -0.25) is 9.78 Å². The fourth-order valence-corrected chi connectivity index (χ4v) is 1.49. The Morgan fingerprint density at radius 3 is 2.55 bits per heavy atom. The number of carbonyl (C=O) groups excluding carboxylic acids is 2.